The van der Waals surface area contributed by atoms with Gasteiger partial charge < -0.3 is 14.7 Å². The molecule has 0 aromatic carbocycles. The third kappa shape index (κ3) is 7.60. The molecule has 0 spiro atoms. The Labute approximate surface area is 227 Å². The maximum absolute atomic E-state index is 14.1. The van der Waals surface area contributed by atoms with Gasteiger partial charge >= 0.3 is 5.97 Å². The van der Waals surface area contributed by atoms with Crippen LogP contribution in [0.1, 0.15) is 126 Å². The number of carboxylic acid groups (broad SMARTS) is 1. The smallest absolute Gasteiger partial charge is 0.348 e. The molecule has 0 aliphatic heterocycles. The molecule has 0 atom stereocenters. The predicted octanol–water partition coefficient (Wildman–Crippen LogP) is 7.66. The minimum atomic E-state index is -0.979. The second kappa shape index (κ2) is 12.3. The first-order valence-corrected chi connectivity index (χ1v) is 15.3. The highest BCUT2D eigenvalue weighted by molar-refractivity contribution is 7.15. The molecule has 3 fully saturated rings. The van der Waals surface area contributed by atoms with Crippen molar-refractivity contribution in [3.63, 3.8) is 0 Å². The van der Waals surface area contributed by atoms with Crippen LogP contribution in [0, 0.1) is 29.1 Å². The number of carboxylic acids is 1. The molecule has 0 unspecified atom stereocenters. The number of hydrogen-bond acceptors (Lipinski definition) is 4. The molecule has 1 aromatic heterocycles. The molecule has 1 N–H and O–H groups in total. The number of hydrogen-bond donors (Lipinski definition) is 1. The fourth-order valence-electron chi connectivity index (χ4n) is 6.14. The first-order valence-electron chi connectivity index (χ1n) is 14.5. The Balaban J connectivity index is 1.58. The van der Waals surface area contributed by atoms with Crippen LogP contribution in [0.4, 0.5) is 5.69 Å². The van der Waals surface area contributed by atoms with Crippen molar-refractivity contribution < 1.29 is 19.4 Å². The maximum atomic E-state index is 14.1. The van der Waals surface area contributed by atoms with E-state index in [0.717, 1.165) is 51.4 Å². The molecule has 3 aliphatic rings. The number of carbonyl (C=O) groups excluding carboxylic acids is 1. The summed E-state index contributed by atoms with van der Waals surface area (Å²) in [5, 5.41) is 10.1. The van der Waals surface area contributed by atoms with Crippen molar-refractivity contribution in [1.82, 2.24) is 0 Å². The van der Waals surface area contributed by atoms with Gasteiger partial charge in [0, 0.05) is 17.4 Å². The van der Waals surface area contributed by atoms with Gasteiger partial charge in [-0.2, -0.15) is 0 Å². The summed E-state index contributed by atoms with van der Waals surface area (Å²) in [6, 6.07) is 1.87. The molecular formula is C31H45NO4S. The number of carbonyl (C=O) groups is 2. The van der Waals surface area contributed by atoms with Crippen LogP contribution in [-0.2, 0) is 9.53 Å². The van der Waals surface area contributed by atoms with E-state index in [-0.39, 0.29) is 34.3 Å². The summed E-state index contributed by atoms with van der Waals surface area (Å²) in [6.07, 6.45) is 14.3. The summed E-state index contributed by atoms with van der Waals surface area (Å²) >= 11 is 1.20. The molecule has 0 bridgehead atoms. The molecule has 0 saturated heterocycles. The second-order valence-electron chi connectivity index (χ2n) is 12.6. The van der Waals surface area contributed by atoms with E-state index < -0.39 is 5.97 Å². The van der Waals surface area contributed by atoms with Crippen molar-refractivity contribution in [2.75, 3.05) is 4.90 Å². The van der Waals surface area contributed by atoms with E-state index in [1.54, 1.807) is 0 Å². The lowest BCUT2D eigenvalue weighted by Crippen LogP contribution is -2.47. The van der Waals surface area contributed by atoms with Crippen molar-refractivity contribution >= 4 is 28.9 Å². The average Bonchev–Trinajstić information content (AvgIpc) is 3.29. The van der Waals surface area contributed by atoms with Gasteiger partial charge in [0.25, 0.3) is 0 Å². The van der Waals surface area contributed by atoms with E-state index in [1.165, 1.54) is 43.4 Å². The number of thiophene rings is 1. The van der Waals surface area contributed by atoms with E-state index in [2.05, 4.69) is 18.8 Å². The van der Waals surface area contributed by atoms with Crippen LogP contribution in [0.25, 0.3) is 0 Å². The molecular weight excluding hydrogens is 482 g/mol. The normalized spacial score (nSPS) is 27.2. The van der Waals surface area contributed by atoms with Crippen LogP contribution in [0.2, 0.25) is 0 Å². The molecule has 3 aliphatic carbocycles. The Hall–Kier alpha value is -1.84. The third-order valence-electron chi connectivity index (χ3n) is 8.28. The van der Waals surface area contributed by atoms with E-state index in [4.69, 9.17) is 4.74 Å². The monoisotopic (exact) mass is 527 g/mol. The molecule has 1 amide bonds. The molecule has 0 radical (unpaired) electrons. The maximum Gasteiger partial charge on any atom is 0.348 e. The zero-order valence-electron chi connectivity index (χ0n) is 23.2. The minimum Gasteiger partial charge on any atom is -0.477 e. The first-order chi connectivity index (χ1) is 17.6. The van der Waals surface area contributed by atoms with Gasteiger partial charge in [0.2, 0.25) is 5.91 Å². The topological polar surface area (TPSA) is 66.8 Å². The lowest BCUT2D eigenvalue weighted by molar-refractivity contribution is -0.124. The zero-order valence-corrected chi connectivity index (χ0v) is 24.0. The van der Waals surface area contributed by atoms with Crippen molar-refractivity contribution in [1.29, 1.82) is 0 Å². The summed E-state index contributed by atoms with van der Waals surface area (Å²) < 4.78 is 6.47. The van der Waals surface area contributed by atoms with E-state index in [9.17, 15) is 14.7 Å². The summed E-state index contributed by atoms with van der Waals surface area (Å²) in [6.45, 7) is 8.38. The van der Waals surface area contributed by atoms with Crippen molar-refractivity contribution in [2.45, 2.75) is 129 Å². The lowest BCUT2D eigenvalue weighted by atomic mass is 9.81. The molecule has 5 nitrogen and oxygen atoms in total. The van der Waals surface area contributed by atoms with Crippen molar-refractivity contribution in [2.24, 2.45) is 17.3 Å². The van der Waals surface area contributed by atoms with Gasteiger partial charge in [-0.1, -0.05) is 38.0 Å². The van der Waals surface area contributed by atoms with Crippen LogP contribution in [0.15, 0.2) is 6.07 Å². The van der Waals surface area contributed by atoms with Gasteiger partial charge in [-0.15, -0.1) is 11.3 Å². The van der Waals surface area contributed by atoms with Crippen LogP contribution >= 0.6 is 11.3 Å². The number of amides is 1. The summed E-state index contributed by atoms with van der Waals surface area (Å²) in [4.78, 5) is 29.3. The standard InChI is InChI=1S/C31H45NO4S/c1-21-10-12-22(13-11-21)29(33)32(23-14-16-25(17-15-23)36-24-8-6-5-7-9-24)27-20-26(18-19-31(2,3)4)37-28(27)30(34)35/h20-25H,5-17H2,1-4H3,(H,34,35). The van der Waals surface area contributed by atoms with Crippen LogP contribution < -0.4 is 4.90 Å². The molecule has 204 valence electrons. The Kier molecular flexibility index (Phi) is 9.40. The molecule has 1 aromatic rings. The van der Waals surface area contributed by atoms with Crippen LogP contribution in [-0.4, -0.2) is 35.2 Å². The number of aromatic carboxylic acids is 1. The Morgan fingerprint density at radius 3 is 2.16 bits per heavy atom. The second-order valence-corrected chi connectivity index (χ2v) is 13.7. The highest BCUT2D eigenvalue weighted by Crippen LogP contribution is 2.39. The summed E-state index contributed by atoms with van der Waals surface area (Å²) in [5.41, 5.74) is 0.370. The molecule has 1 heterocycles. The number of rotatable bonds is 6. The van der Waals surface area contributed by atoms with Crippen molar-refractivity contribution in [3.05, 3.63) is 15.8 Å². The van der Waals surface area contributed by atoms with Crippen LogP contribution in [0.3, 0.4) is 0 Å². The zero-order chi connectivity index (χ0) is 26.6. The fourth-order valence-corrected chi connectivity index (χ4v) is 6.98. The van der Waals surface area contributed by atoms with Gasteiger partial charge in [-0.3, -0.25) is 4.79 Å². The first kappa shape index (κ1) is 28.2. The van der Waals surface area contributed by atoms with E-state index >= 15 is 0 Å². The van der Waals surface area contributed by atoms with Gasteiger partial charge in [-0.25, -0.2) is 4.79 Å². The van der Waals surface area contributed by atoms with E-state index in [0.29, 0.717) is 22.6 Å². The van der Waals surface area contributed by atoms with Crippen LogP contribution in [0.5, 0.6) is 0 Å². The molecule has 4 rings (SSSR count). The molecule has 3 saturated carbocycles. The third-order valence-corrected chi connectivity index (χ3v) is 9.30. The van der Waals surface area contributed by atoms with Crippen molar-refractivity contribution in [3.8, 4) is 11.8 Å². The summed E-state index contributed by atoms with van der Waals surface area (Å²) in [7, 11) is 0. The molecule has 37 heavy (non-hydrogen) atoms. The quantitative estimate of drug-likeness (QED) is 0.386. The summed E-state index contributed by atoms with van der Waals surface area (Å²) in [5.74, 6) is 6.16. The minimum absolute atomic E-state index is 0.00850. The Morgan fingerprint density at radius 1 is 0.946 bits per heavy atom. The Bertz CT molecular complexity index is 991. The highest BCUT2D eigenvalue weighted by atomic mass is 32.1. The predicted molar refractivity (Wildman–Crippen MR) is 150 cm³/mol. The number of nitrogens with zero attached hydrogens (tertiary/aromatic N) is 1. The largest absolute Gasteiger partial charge is 0.477 e. The number of ether oxygens (including phenoxy) is 1. The van der Waals surface area contributed by atoms with Gasteiger partial charge in [0.15, 0.2) is 0 Å². The average molecular weight is 528 g/mol. The van der Waals surface area contributed by atoms with Gasteiger partial charge in [0.1, 0.15) is 4.88 Å². The van der Waals surface area contributed by atoms with Gasteiger partial charge in [-0.05, 0) is 97.0 Å². The Morgan fingerprint density at radius 2 is 1.57 bits per heavy atom. The number of anilines is 1. The SMILES string of the molecule is CC1CCC(C(=O)N(c2cc(C#CC(C)(C)C)sc2C(=O)O)C2CCC(OC3CCCCC3)CC2)CC1. The lowest BCUT2D eigenvalue weighted by Gasteiger charge is -2.40. The van der Waals surface area contributed by atoms with Gasteiger partial charge in [0.05, 0.1) is 22.8 Å². The fraction of sp³-hybridized carbons (Fsp3) is 0.742. The molecule has 6 heteroatoms. The highest BCUT2D eigenvalue weighted by Gasteiger charge is 2.38. The van der Waals surface area contributed by atoms with E-state index in [1.807, 2.05) is 31.7 Å².